The average Bonchev–Trinajstić information content (AvgIpc) is 3.33. The van der Waals surface area contributed by atoms with E-state index in [1.54, 1.807) is 10.4 Å². The van der Waals surface area contributed by atoms with Crippen molar-refractivity contribution in [1.29, 1.82) is 0 Å². The summed E-state index contributed by atoms with van der Waals surface area (Å²) in [5.74, 6) is 1.52. The van der Waals surface area contributed by atoms with Gasteiger partial charge >= 0.3 is 6.09 Å². The predicted molar refractivity (Wildman–Crippen MR) is 146 cm³/mol. The molecule has 2 bridgehead atoms. The lowest BCUT2D eigenvalue weighted by Gasteiger charge is -2.38. The maximum absolute atomic E-state index is 13.6. The number of fused-ring (bicyclic) bond motifs is 3. The van der Waals surface area contributed by atoms with Crippen LogP contribution in [-0.4, -0.2) is 73.0 Å². The van der Waals surface area contributed by atoms with E-state index in [9.17, 15) is 18.0 Å². The molecule has 11 nitrogen and oxygen atoms in total. The normalized spacial score (nSPS) is 32.6. The summed E-state index contributed by atoms with van der Waals surface area (Å²) in [5, 5.41) is 9.94. The lowest BCUT2D eigenvalue weighted by molar-refractivity contribution is -0.00228. The van der Waals surface area contributed by atoms with E-state index in [2.05, 4.69) is 15.8 Å². The molecule has 2 amide bonds. The first-order chi connectivity index (χ1) is 19.8. The van der Waals surface area contributed by atoms with Crippen LogP contribution >= 0.6 is 0 Å². The highest BCUT2D eigenvalue weighted by Crippen LogP contribution is 2.58. The summed E-state index contributed by atoms with van der Waals surface area (Å²) in [6.07, 6.45) is 4.02. The number of sulfonamides is 1. The predicted octanol–water partition coefficient (Wildman–Crippen LogP) is 2.79. The zero-order valence-electron chi connectivity index (χ0n) is 22.8. The second kappa shape index (κ2) is 10.7. The van der Waals surface area contributed by atoms with Crippen molar-refractivity contribution < 1.29 is 32.0 Å². The third-order valence-corrected chi connectivity index (χ3v) is 11.7. The molecule has 12 heteroatoms. The minimum atomic E-state index is -3.42. The van der Waals surface area contributed by atoms with E-state index in [1.807, 2.05) is 30.3 Å². The second-order valence-corrected chi connectivity index (χ2v) is 14.3. The first kappa shape index (κ1) is 26.9. The van der Waals surface area contributed by atoms with Crippen molar-refractivity contribution in [3.05, 3.63) is 53.4 Å². The highest BCUT2D eigenvalue weighted by Gasteiger charge is 2.59. The average molecular weight is 585 g/mol. The number of carbonyl (C=O) groups excluding carboxylic acids is 2. The van der Waals surface area contributed by atoms with E-state index in [1.165, 1.54) is 0 Å². The molecule has 5 aliphatic rings. The van der Waals surface area contributed by atoms with Gasteiger partial charge in [-0.1, -0.05) is 35.5 Å². The van der Waals surface area contributed by atoms with E-state index in [0.717, 1.165) is 31.2 Å². The van der Waals surface area contributed by atoms with Gasteiger partial charge in [0, 0.05) is 30.2 Å². The van der Waals surface area contributed by atoms with Crippen molar-refractivity contribution in [3.8, 4) is 0 Å². The molecule has 2 saturated carbocycles. The van der Waals surface area contributed by atoms with Crippen LogP contribution in [-0.2, 0) is 26.1 Å². The van der Waals surface area contributed by atoms with Gasteiger partial charge in [0.05, 0.1) is 24.9 Å². The fraction of sp³-hybridized carbons (Fsp3) is 0.621. The van der Waals surface area contributed by atoms with Crippen molar-refractivity contribution in [2.24, 2.45) is 17.8 Å². The van der Waals surface area contributed by atoms with Gasteiger partial charge in [0.15, 0.2) is 5.69 Å². The van der Waals surface area contributed by atoms with Crippen LogP contribution in [0.25, 0.3) is 0 Å². The lowest BCUT2D eigenvalue weighted by Crippen LogP contribution is -2.53. The Morgan fingerprint density at radius 1 is 0.976 bits per heavy atom. The van der Waals surface area contributed by atoms with Gasteiger partial charge in [-0.05, 0) is 61.8 Å². The molecular weight excluding hydrogens is 548 g/mol. The fourth-order valence-electron chi connectivity index (χ4n) is 7.56. The van der Waals surface area contributed by atoms with Crippen LogP contribution in [0.3, 0.4) is 0 Å². The zero-order chi connectivity index (χ0) is 28.1. The molecule has 2 aliphatic carbocycles. The van der Waals surface area contributed by atoms with E-state index >= 15 is 0 Å². The van der Waals surface area contributed by atoms with Gasteiger partial charge in [-0.3, -0.25) is 4.79 Å². The Kier molecular flexibility index (Phi) is 7.03. The molecule has 2 aromatic rings. The summed E-state index contributed by atoms with van der Waals surface area (Å²) in [6, 6.07) is 11.0. The molecule has 0 spiro atoms. The summed E-state index contributed by atoms with van der Waals surface area (Å²) >= 11 is 0. The monoisotopic (exact) mass is 584 g/mol. The van der Waals surface area contributed by atoms with E-state index in [-0.39, 0.29) is 60.0 Å². The molecule has 3 aliphatic heterocycles. The Bertz CT molecular complexity index is 1370. The highest BCUT2D eigenvalue weighted by atomic mass is 32.2. The van der Waals surface area contributed by atoms with E-state index in [4.69, 9.17) is 14.0 Å². The van der Waals surface area contributed by atoms with Crippen molar-refractivity contribution in [2.75, 3.05) is 19.0 Å². The number of alkyl carbamates (subject to hydrolysis) is 1. The Hall–Kier alpha value is -2.96. The Morgan fingerprint density at radius 3 is 2.32 bits per heavy atom. The molecule has 2 N–H and O–H groups in total. The van der Waals surface area contributed by atoms with Gasteiger partial charge in [0.1, 0.15) is 12.4 Å². The summed E-state index contributed by atoms with van der Waals surface area (Å²) in [6.45, 7) is 1.39. The maximum atomic E-state index is 13.6. The number of carbonyl (C=O) groups is 2. The molecule has 0 radical (unpaired) electrons. The van der Waals surface area contributed by atoms with Gasteiger partial charge < -0.3 is 24.6 Å². The van der Waals surface area contributed by atoms with Gasteiger partial charge in [0.2, 0.25) is 10.0 Å². The van der Waals surface area contributed by atoms with Crippen LogP contribution in [0.2, 0.25) is 0 Å². The zero-order valence-corrected chi connectivity index (χ0v) is 23.6. The molecule has 220 valence electrons. The molecule has 1 aromatic heterocycles. The molecule has 1 aromatic carbocycles. The first-order valence-corrected chi connectivity index (χ1v) is 16.3. The lowest BCUT2D eigenvalue weighted by atomic mass is 9.99. The number of piperidine rings is 1. The number of rotatable bonds is 9. The van der Waals surface area contributed by atoms with Gasteiger partial charge in [-0.2, -0.15) is 4.31 Å². The third kappa shape index (κ3) is 5.49. The molecule has 41 heavy (non-hydrogen) atoms. The molecular formula is C29H36N4O7S. The molecule has 7 atom stereocenters. The summed E-state index contributed by atoms with van der Waals surface area (Å²) < 4.78 is 44.7. The third-order valence-electron chi connectivity index (χ3n) is 9.68. The van der Waals surface area contributed by atoms with Crippen molar-refractivity contribution >= 4 is 22.0 Å². The van der Waals surface area contributed by atoms with E-state index < -0.39 is 16.1 Å². The van der Waals surface area contributed by atoms with Gasteiger partial charge in [0.25, 0.3) is 5.91 Å². The second-order valence-electron chi connectivity index (χ2n) is 12.4. The number of hydrogen-bond acceptors (Lipinski definition) is 8. The van der Waals surface area contributed by atoms with Gasteiger partial charge in [-0.15, -0.1) is 0 Å². The number of ether oxygens (including phenoxy) is 2. The van der Waals surface area contributed by atoms with Crippen molar-refractivity contribution in [3.63, 3.8) is 0 Å². The maximum Gasteiger partial charge on any atom is 0.407 e. The quantitative estimate of drug-likeness (QED) is 0.459. The van der Waals surface area contributed by atoms with Crippen molar-refractivity contribution in [1.82, 2.24) is 20.1 Å². The highest BCUT2D eigenvalue weighted by molar-refractivity contribution is 7.89. The number of benzene rings is 1. The molecule has 3 unspecified atom stereocenters. The minimum absolute atomic E-state index is 0.0330. The molecule has 7 rings (SSSR count). The SMILES string of the molecule is O=C(NC1C[C@@H]2C(CS(=O)(=O)N3[C@@H]4CC[C@H]3CC(NC(=O)c3cc(C5COC5)on3)C4)[C@@H]2C1)OCc1ccccc1. The summed E-state index contributed by atoms with van der Waals surface area (Å²) in [7, 11) is -3.42. The smallest absolute Gasteiger partial charge is 0.407 e. The number of hydrogen-bond donors (Lipinski definition) is 2. The fourth-order valence-corrected chi connectivity index (χ4v) is 10.0. The van der Waals surface area contributed by atoms with Crippen LogP contribution in [0.5, 0.6) is 0 Å². The van der Waals surface area contributed by atoms with Crippen LogP contribution < -0.4 is 10.6 Å². The number of aromatic nitrogens is 1. The standard InChI is InChI=1S/C29H36N4O7S/c34-28(26-12-27(40-32-26)18-14-38-15-18)30-19-8-21-6-7-22(9-19)33(21)41(36,37)16-25-23-10-20(11-24(23)25)31-29(35)39-13-17-4-2-1-3-5-17/h1-5,12,18-25H,6-11,13-16H2,(H,30,34)(H,31,35)/t19?,20?,21-,22+,23-,24+,25?. The minimum Gasteiger partial charge on any atom is -0.445 e. The molecule has 5 fully saturated rings. The molecule has 4 heterocycles. The summed E-state index contributed by atoms with van der Waals surface area (Å²) in [4.78, 5) is 25.0. The van der Waals surface area contributed by atoms with Crippen molar-refractivity contribution in [2.45, 2.75) is 75.2 Å². The summed E-state index contributed by atoms with van der Waals surface area (Å²) in [5.41, 5.74) is 1.19. The largest absolute Gasteiger partial charge is 0.445 e. The van der Waals surface area contributed by atoms with Gasteiger partial charge in [-0.25, -0.2) is 13.2 Å². The topological polar surface area (TPSA) is 140 Å². The number of nitrogens with one attached hydrogen (secondary N) is 2. The van der Waals surface area contributed by atoms with Crippen LogP contribution in [0.4, 0.5) is 4.79 Å². The Morgan fingerprint density at radius 2 is 1.66 bits per heavy atom. The van der Waals surface area contributed by atoms with Crippen LogP contribution in [0.15, 0.2) is 40.9 Å². The Labute approximate surface area is 239 Å². The number of nitrogens with zero attached hydrogens (tertiary/aromatic N) is 2. The molecule has 3 saturated heterocycles. The first-order valence-electron chi connectivity index (χ1n) is 14.7. The Balaban J connectivity index is 0.873. The van der Waals surface area contributed by atoms with Crippen LogP contribution in [0.1, 0.15) is 66.3 Å². The van der Waals surface area contributed by atoms with E-state index in [0.29, 0.717) is 43.7 Å². The van der Waals surface area contributed by atoms with Crippen LogP contribution in [0, 0.1) is 17.8 Å². The number of amides is 2.